The van der Waals surface area contributed by atoms with Crippen LogP contribution in [0, 0.1) is 5.82 Å². The van der Waals surface area contributed by atoms with Crippen molar-refractivity contribution in [3.05, 3.63) is 76.5 Å². The molecule has 1 aromatic heterocycles. The smallest absolute Gasteiger partial charge is 0.230 e. The highest BCUT2D eigenvalue weighted by Crippen LogP contribution is 2.21. The fourth-order valence-corrected chi connectivity index (χ4v) is 3.08. The third kappa shape index (κ3) is 4.39. The molecule has 0 aliphatic carbocycles. The van der Waals surface area contributed by atoms with Crippen molar-refractivity contribution >= 4 is 22.4 Å². The van der Waals surface area contributed by atoms with Gasteiger partial charge in [0.15, 0.2) is 5.13 Å². The maximum absolute atomic E-state index is 12.9. The lowest BCUT2D eigenvalue weighted by Gasteiger charge is -2.02. The first-order valence-electron chi connectivity index (χ1n) is 7.35. The zero-order valence-corrected chi connectivity index (χ0v) is 13.5. The summed E-state index contributed by atoms with van der Waals surface area (Å²) in [7, 11) is 0. The van der Waals surface area contributed by atoms with Gasteiger partial charge in [-0.2, -0.15) is 0 Å². The Labute approximate surface area is 142 Å². The van der Waals surface area contributed by atoms with Crippen LogP contribution in [0.3, 0.4) is 0 Å². The van der Waals surface area contributed by atoms with Gasteiger partial charge in [0.25, 0.3) is 0 Å². The minimum Gasteiger partial charge on any atom is -0.508 e. The molecule has 0 aliphatic rings. The van der Waals surface area contributed by atoms with E-state index in [-0.39, 0.29) is 23.9 Å². The molecule has 3 rings (SSSR count). The minimum atomic E-state index is -0.259. The van der Waals surface area contributed by atoms with Crippen molar-refractivity contribution in [3.63, 3.8) is 0 Å². The highest BCUT2D eigenvalue weighted by molar-refractivity contribution is 7.15. The Morgan fingerprint density at radius 2 is 1.75 bits per heavy atom. The first kappa shape index (κ1) is 16.1. The number of rotatable bonds is 5. The molecule has 3 aromatic rings. The summed E-state index contributed by atoms with van der Waals surface area (Å²) in [6, 6.07) is 12.8. The van der Waals surface area contributed by atoms with Gasteiger partial charge in [-0.05, 0) is 35.4 Å². The molecule has 0 unspecified atom stereocenters. The van der Waals surface area contributed by atoms with Crippen LogP contribution in [-0.4, -0.2) is 16.0 Å². The lowest BCUT2D eigenvalue weighted by atomic mass is 10.1. The molecule has 6 heteroatoms. The first-order valence-corrected chi connectivity index (χ1v) is 8.17. The number of nitrogens with one attached hydrogen (secondary N) is 1. The molecule has 1 amide bonds. The van der Waals surface area contributed by atoms with Crippen molar-refractivity contribution in [1.29, 1.82) is 0 Å². The number of aromatic hydroxyl groups is 1. The molecule has 0 atom stereocenters. The lowest BCUT2D eigenvalue weighted by molar-refractivity contribution is -0.115. The molecule has 0 radical (unpaired) electrons. The summed E-state index contributed by atoms with van der Waals surface area (Å²) in [4.78, 5) is 17.2. The Bertz CT molecular complexity index is 829. The van der Waals surface area contributed by atoms with Crippen LogP contribution >= 0.6 is 11.3 Å². The summed E-state index contributed by atoms with van der Waals surface area (Å²) >= 11 is 1.40. The maximum Gasteiger partial charge on any atom is 0.230 e. The average Bonchev–Trinajstić information content (AvgIpc) is 2.99. The molecule has 122 valence electrons. The third-order valence-corrected chi connectivity index (χ3v) is 4.31. The van der Waals surface area contributed by atoms with Crippen LogP contribution in [0.2, 0.25) is 0 Å². The fourth-order valence-electron chi connectivity index (χ4n) is 2.21. The number of carbonyl (C=O) groups is 1. The topological polar surface area (TPSA) is 62.2 Å². The Morgan fingerprint density at radius 1 is 1.08 bits per heavy atom. The van der Waals surface area contributed by atoms with Gasteiger partial charge in [0, 0.05) is 17.5 Å². The maximum atomic E-state index is 12.9. The van der Waals surface area contributed by atoms with E-state index >= 15 is 0 Å². The van der Waals surface area contributed by atoms with Gasteiger partial charge in [-0.1, -0.05) is 24.3 Å². The Hall–Kier alpha value is -2.73. The van der Waals surface area contributed by atoms with E-state index in [1.807, 2.05) is 0 Å². The number of thiazole rings is 1. The van der Waals surface area contributed by atoms with E-state index in [4.69, 9.17) is 0 Å². The van der Waals surface area contributed by atoms with Crippen molar-refractivity contribution in [1.82, 2.24) is 4.98 Å². The molecule has 4 nitrogen and oxygen atoms in total. The van der Waals surface area contributed by atoms with Gasteiger partial charge in [-0.25, -0.2) is 9.37 Å². The number of phenolic OH excluding ortho intramolecular Hbond substituents is 1. The van der Waals surface area contributed by atoms with Crippen LogP contribution in [0.4, 0.5) is 9.52 Å². The number of phenols is 1. The van der Waals surface area contributed by atoms with E-state index in [0.717, 1.165) is 16.0 Å². The van der Waals surface area contributed by atoms with Crippen molar-refractivity contribution < 1.29 is 14.3 Å². The molecule has 0 saturated heterocycles. The van der Waals surface area contributed by atoms with Gasteiger partial charge in [0.05, 0.1) is 6.42 Å². The van der Waals surface area contributed by atoms with Crippen LogP contribution < -0.4 is 5.32 Å². The molecule has 0 aliphatic heterocycles. The molecule has 2 N–H and O–H groups in total. The SMILES string of the molecule is O=C(Cc1ccc(O)cc1)Nc1ncc(Cc2ccc(F)cc2)s1. The number of amides is 1. The third-order valence-electron chi connectivity index (χ3n) is 3.39. The van der Waals surface area contributed by atoms with Crippen LogP contribution in [0.5, 0.6) is 5.75 Å². The second-order valence-corrected chi connectivity index (χ2v) is 6.44. The van der Waals surface area contributed by atoms with Gasteiger partial charge in [0.1, 0.15) is 11.6 Å². The molecule has 0 saturated carbocycles. The Morgan fingerprint density at radius 3 is 2.46 bits per heavy atom. The van der Waals surface area contributed by atoms with E-state index in [1.54, 1.807) is 42.6 Å². The van der Waals surface area contributed by atoms with Gasteiger partial charge >= 0.3 is 0 Å². The van der Waals surface area contributed by atoms with E-state index < -0.39 is 0 Å². The quantitative estimate of drug-likeness (QED) is 0.742. The predicted molar refractivity (Wildman–Crippen MR) is 91.8 cm³/mol. The number of hydrogen-bond acceptors (Lipinski definition) is 4. The summed E-state index contributed by atoms with van der Waals surface area (Å²) in [5.41, 5.74) is 1.80. The first-order chi connectivity index (χ1) is 11.6. The summed E-state index contributed by atoms with van der Waals surface area (Å²) < 4.78 is 12.9. The monoisotopic (exact) mass is 342 g/mol. The molecule has 1 heterocycles. The Kier molecular flexibility index (Phi) is 4.86. The summed E-state index contributed by atoms with van der Waals surface area (Å²) in [5.74, 6) is -0.252. The van der Waals surface area contributed by atoms with Gasteiger partial charge in [-0.15, -0.1) is 11.3 Å². The van der Waals surface area contributed by atoms with E-state index in [1.165, 1.54) is 23.5 Å². The zero-order chi connectivity index (χ0) is 16.9. The number of benzene rings is 2. The van der Waals surface area contributed by atoms with E-state index in [9.17, 15) is 14.3 Å². The second kappa shape index (κ2) is 7.23. The number of halogens is 1. The molecule has 0 spiro atoms. The van der Waals surface area contributed by atoms with Gasteiger partial charge in [-0.3, -0.25) is 4.79 Å². The fraction of sp³-hybridized carbons (Fsp3) is 0.111. The standard InChI is InChI=1S/C18H15FN2O2S/c19-14-5-1-12(2-6-14)9-16-11-20-18(24-16)21-17(23)10-13-3-7-15(22)8-4-13/h1-8,11,22H,9-10H2,(H,20,21,23). The van der Waals surface area contributed by atoms with E-state index in [2.05, 4.69) is 10.3 Å². The highest BCUT2D eigenvalue weighted by Gasteiger charge is 2.08. The summed E-state index contributed by atoms with van der Waals surface area (Å²) in [6.07, 6.45) is 2.57. The number of nitrogens with zero attached hydrogens (tertiary/aromatic N) is 1. The molecule has 2 aromatic carbocycles. The largest absolute Gasteiger partial charge is 0.508 e. The minimum absolute atomic E-state index is 0.164. The summed E-state index contributed by atoms with van der Waals surface area (Å²) in [6.45, 7) is 0. The van der Waals surface area contributed by atoms with Gasteiger partial charge in [0.2, 0.25) is 5.91 Å². The van der Waals surface area contributed by atoms with E-state index in [0.29, 0.717) is 11.6 Å². The molecule has 0 bridgehead atoms. The second-order valence-electron chi connectivity index (χ2n) is 5.33. The molecular formula is C18H15FN2O2S. The normalized spacial score (nSPS) is 10.5. The van der Waals surface area contributed by atoms with Crippen molar-refractivity contribution in [2.75, 3.05) is 5.32 Å². The van der Waals surface area contributed by atoms with Crippen molar-refractivity contribution in [2.45, 2.75) is 12.8 Å². The zero-order valence-electron chi connectivity index (χ0n) is 12.7. The highest BCUT2D eigenvalue weighted by atomic mass is 32.1. The van der Waals surface area contributed by atoms with Crippen LogP contribution in [0.25, 0.3) is 0 Å². The number of anilines is 1. The molecule has 0 fully saturated rings. The predicted octanol–water partition coefficient (Wildman–Crippen LogP) is 3.76. The molecule has 24 heavy (non-hydrogen) atoms. The molecular weight excluding hydrogens is 327 g/mol. The van der Waals surface area contributed by atoms with Crippen LogP contribution in [0.15, 0.2) is 54.7 Å². The van der Waals surface area contributed by atoms with Crippen LogP contribution in [0.1, 0.15) is 16.0 Å². The van der Waals surface area contributed by atoms with Crippen molar-refractivity contribution in [2.24, 2.45) is 0 Å². The number of aromatic nitrogens is 1. The van der Waals surface area contributed by atoms with Gasteiger partial charge < -0.3 is 10.4 Å². The summed E-state index contributed by atoms with van der Waals surface area (Å²) in [5, 5.41) is 12.5. The lowest BCUT2D eigenvalue weighted by Crippen LogP contribution is -2.13. The van der Waals surface area contributed by atoms with Crippen molar-refractivity contribution in [3.8, 4) is 5.75 Å². The number of carbonyl (C=O) groups excluding carboxylic acids is 1. The Balaban J connectivity index is 1.58. The van der Waals surface area contributed by atoms with Crippen LogP contribution in [-0.2, 0) is 17.6 Å². The number of hydrogen-bond donors (Lipinski definition) is 2. The average molecular weight is 342 g/mol.